The van der Waals surface area contributed by atoms with Gasteiger partial charge < -0.3 is 14.6 Å². The van der Waals surface area contributed by atoms with Crippen molar-refractivity contribution in [2.45, 2.75) is 0 Å². The van der Waals surface area contributed by atoms with Crippen molar-refractivity contribution in [2.24, 2.45) is 0 Å². The Bertz CT molecular complexity index is 705. The van der Waals surface area contributed by atoms with Crippen LogP contribution in [0.25, 0.3) is 6.08 Å². The maximum atomic E-state index is 12.1. The van der Waals surface area contributed by atoms with Crippen molar-refractivity contribution in [3.63, 3.8) is 0 Å². The third kappa shape index (κ3) is 3.68. The predicted octanol–water partition coefficient (Wildman–Crippen LogP) is 4.07. The van der Waals surface area contributed by atoms with Gasteiger partial charge in [-0.25, -0.2) is 0 Å². The van der Waals surface area contributed by atoms with E-state index in [4.69, 9.17) is 9.47 Å². The van der Waals surface area contributed by atoms with E-state index in [-0.39, 0.29) is 11.5 Å². The highest BCUT2D eigenvalue weighted by Gasteiger charge is 2.08. The average molecular weight is 363 g/mol. The maximum absolute atomic E-state index is 12.1. The zero-order valence-electron chi connectivity index (χ0n) is 12.2. The molecule has 22 heavy (non-hydrogen) atoms. The topological polar surface area (TPSA) is 55.8 Å². The smallest absolute Gasteiger partial charge is 0.185 e. The van der Waals surface area contributed by atoms with Crippen LogP contribution in [0, 0.1) is 0 Å². The molecule has 0 unspecified atom stereocenters. The van der Waals surface area contributed by atoms with Crippen LogP contribution in [0.2, 0.25) is 0 Å². The van der Waals surface area contributed by atoms with Gasteiger partial charge in [-0.3, -0.25) is 4.79 Å². The van der Waals surface area contributed by atoms with Crippen molar-refractivity contribution in [1.29, 1.82) is 0 Å². The van der Waals surface area contributed by atoms with E-state index in [2.05, 4.69) is 15.9 Å². The normalized spacial score (nSPS) is 10.7. The fourth-order valence-corrected chi connectivity index (χ4v) is 2.34. The van der Waals surface area contributed by atoms with Crippen molar-refractivity contribution in [1.82, 2.24) is 0 Å². The number of phenols is 1. The van der Waals surface area contributed by atoms with Crippen LogP contribution in [-0.4, -0.2) is 25.1 Å². The molecule has 4 nitrogen and oxygen atoms in total. The van der Waals surface area contributed by atoms with Crippen molar-refractivity contribution in [3.05, 3.63) is 58.1 Å². The summed E-state index contributed by atoms with van der Waals surface area (Å²) in [5.74, 6) is 1.17. The van der Waals surface area contributed by atoms with E-state index in [9.17, 15) is 9.90 Å². The third-order valence-corrected chi connectivity index (χ3v) is 3.76. The molecule has 2 aromatic carbocycles. The number of methoxy groups -OCH3 is 2. The SMILES string of the molecule is COc1cc(Br)c(/C=C/C(=O)c2ccc(O)cc2)cc1OC. The van der Waals surface area contributed by atoms with Crippen LogP contribution in [0.1, 0.15) is 15.9 Å². The minimum Gasteiger partial charge on any atom is -0.508 e. The lowest BCUT2D eigenvalue weighted by Crippen LogP contribution is -1.94. The Morgan fingerprint density at radius 1 is 1.09 bits per heavy atom. The molecular formula is C17H15BrO4. The summed E-state index contributed by atoms with van der Waals surface area (Å²) in [6.45, 7) is 0. The molecule has 2 aromatic rings. The van der Waals surface area contributed by atoms with Gasteiger partial charge in [0.15, 0.2) is 17.3 Å². The molecule has 0 aliphatic heterocycles. The standard InChI is InChI=1S/C17H15BrO4/c1-21-16-9-12(14(18)10-17(16)22-2)5-8-15(20)11-3-6-13(19)7-4-11/h3-10,19H,1-2H3/b8-5+. The number of carbonyl (C=O) groups excluding carboxylic acids is 1. The number of rotatable bonds is 5. The van der Waals surface area contributed by atoms with Crippen LogP contribution >= 0.6 is 15.9 Å². The highest BCUT2D eigenvalue weighted by Crippen LogP contribution is 2.33. The second-order valence-electron chi connectivity index (χ2n) is 4.47. The quantitative estimate of drug-likeness (QED) is 0.643. The van der Waals surface area contributed by atoms with Gasteiger partial charge in [0.25, 0.3) is 0 Å². The summed E-state index contributed by atoms with van der Waals surface area (Å²) in [5.41, 5.74) is 1.30. The third-order valence-electron chi connectivity index (χ3n) is 3.07. The summed E-state index contributed by atoms with van der Waals surface area (Å²) in [6, 6.07) is 9.67. The number of ketones is 1. The van der Waals surface area contributed by atoms with E-state index in [0.717, 1.165) is 10.0 Å². The molecule has 0 radical (unpaired) electrons. The van der Waals surface area contributed by atoms with E-state index in [1.807, 2.05) is 0 Å². The summed E-state index contributed by atoms with van der Waals surface area (Å²) in [4.78, 5) is 12.1. The molecule has 0 amide bonds. The van der Waals surface area contributed by atoms with E-state index >= 15 is 0 Å². The number of hydrogen-bond donors (Lipinski definition) is 1. The van der Waals surface area contributed by atoms with Crippen molar-refractivity contribution < 1.29 is 19.4 Å². The Morgan fingerprint density at radius 2 is 1.68 bits per heavy atom. The fraction of sp³-hybridized carbons (Fsp3) is 0.118. The molecular weight excluding hydrogens is 348 g/mol. The molecule has 1 N–H and O–H groups in total. The summed E-state index contributed by atoms with van der Waals surface area (Å²) in [5, 5.41) is 9.23. The zero-order chi connectivity index (χ0) is 16.1. The molecule has 0 atom stereocenters. The van der Waals surface area contributed by atoms with E-state index in [0.29, 0.717) is 17.1 Å². The summed E-state index contributed by atoms with van der Waals surface area (Å²) >= 11 is 3.44. The Hall–Kier alpha value is -2.27. The second kappa shape index (κ2) is 7.13. The lowest BCUT2D eigenvalue weighted by Gasteiger charge is -2.09. The first-order valence-corrected chi connectivity index (χ1v) is 7.27. The highest BCUT2D eigenvalue weighted by molar-refractivity contribution is 9.10. The molecule has 5 heteroatoms. The summed E-state index contributed by atoms with van der Waals surface area (Å²) < 4.78 is 11.2. The lowest BCUT2D eigenvalue weighted by molar-refractivity contribution is 0.104. The molecule has 0 aliphatic carbocycles. The Morgan fingerprint density at radius 3 is 2.27 bits per heavy atom. The van der Waals surface area contributed by atoms with Crippen LogP contribution < -0.4 is 9.47 Å². The van der Waals surface area contributed by atoms with E-state index in [1.165, 1.54) is 18.2 Å². The van der Waals surface area contributed by atoms with Gasteiger partial charge >= 0.3 is 0 Å². The maximum Gasteiger partial charge on any atom is 0.185 e. The number of hydrogen-bond acceptors (Lipinski definition) is 4. The van der Waals surface area contributed by atoms with Crippen LogP contribution in [0.3, 0.4) is 0 Å². The zero-order valence-corrected chi connectivity index (χ0v) is 13.8. The molecule has 0 spiro atoms. The number of ether oxygens (including phenoxy) is 2. The summed E-state index contributed by atoms with van der Waals surface area (Å²) in [7, 11) is 3.12. The molecule has 0 bridgehead atoms. The first-order chi connectivity index (χ1) is 10.5. The average Bonchev–Trinajstić information content (AvgIpc) is 2.53. The molecule has 0 saturated carbocycles. The van der Waals surface area contributed by atoms with Crippen molar-refractivity contribution in [2.75, 3.05) is 14.2 Å². The van der Waals surface area contributed by atoms with Gasteiger partial charge in [-0.1, -0.05) is 15.9 Å². The summed E-state index contributed by atoms with van der Waals surface area (Å²) in [6.07, 6.45) is 3.17. The largest absolute Gasteiger partial charge is 0.508 e. The van der Waals surface area contributed by atoms with Crippen LogP contribution in [0.5, 0.6) is 17.2 Å². The van der Waals surface area contributed by atoms with E-state index < -0.39 is 0 Å². The van der Waals surface area contributed by atoms with E-state index in [1.54, 1.807) is 44.6 Å². The Kier molecular flexibility index (Phi) is 5.22. The number of phenolic OH excluding ortho intramolecular Hbond substituents is 1. The van der Waals surface area contributed by atoms with Gasteiger partial charge in [0, 0.05) is 10.0 Å². The minimum absolute atomic E-state index is 0.128. The van der Waals surface area contributed by atoms with Crippen LogP contribution in [-0.2, 0) is 0 Å². The Balaban J connectivity index is 2.26. The number of carbonyl (C=O) groups is 1. The van der Waals surface area contributed by atoms with Gasteiger partial charge in [-0.05, 0) is 54.1 Å². The van der Waals surface area contributed by atoms with Crippen LogP contribution in [0.15, 0.2) is 46.9 Å². The number of benzene rings is 2. The van der Waals surface area contributed by atoms with Crippen molar-refractivity contribution >= 4 is 27.8 Å². The molecule has 114 valence electrons. The van der Waals surface area contributed by atoms with Gasteiger partial charge in [0.05, 0.1) is 14.2 Å². The molecule has 0 aromatic heterocycles. The number of allylic oxidation sites excluding steroid dienone is 1. The highest BCUT2D eigenvalue weighted by atomic mass is 79.9. The van der Waals surface area contributed by atoms with Gasteiger partial charge in [-0.15, -0.1) is 0 Å². The molecule has 0 aliphatic rings. The Labute approximate surface area is 137 Å². The van der Waals surface area contributed by atoms with Gasteiger partial charge in [0.1, 0.15) is 5.75 Å². The first kappa shape index (κ1) is 16.1. The first-order valence-electron chi connectivity index (χ1n) is 6.48. The fourth-order valence-electron chi connectivity index (χ4n) is 1.89. The minimum atomic E-state index is -0.151. The van der Waals surface area contributed by atoms with Crippen molar-refractivity contribution in [3.8, 4) is 17.2 Å². The van der Waals surface area contributed by atoms with Crippen LogP contribution in [0.4, 0.5) is 0 Å². The molecule has 0 saturated heterocycles. The predicted molar refractivity (Wildman–Crippen MR) is 88.7 cm³/mol. The number of halogens is 1. The van der Waals surface area contributed by atoms with Gasteiger partial charge in [0.2, 0.25) is 0 Å². The molecule has 0 heterocycles. The second-order valence-corrected chi connectivity index (χ2v) is 5.33. The molecule has 0 fully saturated rings. The lowest BCUT2D eigenvalue weighted by atomic mass is 10.1. The molecule has 2 rings (SSSR count). The monoisotopic (exact) mass is 362 g/mol. The van der Waals surface area contributed by atoms with Gasteiger partial charge in [-0.2, -0.15) is 0 Å². The number of aromatic hydroxyl groups is 1.